The zero-order chi connectivity index (χ0) is 12.8. The molecular weight excluding hydrogens is 261 g/mol. The van der Waals surface area contributed by atoms with Crippen LogP contribution in [0.25, 0.3) is 0 Å². The van der Waals surface area contributed by atoms with Gasteiger partial charge < -0.3 is 9.64 Å². The van der Waals surface area contributed by atoms with Crippen molar-refractivity contribution >= 4 is 13.6 Å². The van der Waals surface area contributed by atoms with Crippen LogP contribution >= 0.6 is 0 Å². The first-order valence-electron chi connectivity index (χ1n) is 4.97. The molecule has 1 amide bonds. The van der Waals surface area contributed by atoms with Crippen LogP contribution < -0.4 is 51.4 Å². The maximum Gasteiger partial charge on any atom is 1.00 e. The summed E-state index contributed by atoms with van der Waals surface area (Å²) in [7, 11) is -3.67. The van der Waals surface area contributed by atoms with Crippen LogP contribution in [0.15, 0.2) is 0 Å². The fourth-order valence-electron chi connectivity index (χ4n) is 1.09. The summed E-state index contributed by atoms with van der Waals surface area (Å²) in [6.45, 7) is 8.33. The van der Waals surface area contributed by atoms with Gasteiger partial charge in [0.1, 0.15) is 5.60 Å². The minimum atomic E-state index is -3.67. The summed E-state index contributed by atoms with van der Waals surface area (Å²) in [5, 5.41) is 0. The quantitative estimate of drug-likeness (QED) is 0.463. The van der Waals surface area contributed by atoms with Gasteiger partial charge in [0.25, 0.3) is 0 Å². The summed E-state index contributed by atoms with van der Waals surface area (Å²) in [5.41, 5.74) is -0.381. The average molecular weight is 277 g/mol. The molecular formula is C9H16BF3KNO2. The van der Waals surface area contributed by atoms with E-state index in [9.17, 15) is 17.7 Å². The molecule has 0 spiro atoms. The molecule has 1 fully saturated rings. The molecule has 0 radical (unpaired) electrons. The Bertz CT molecular complexity index is 218. The van der Waals surface area contributed by atoms with E-state index in [1.165, 1.54) is 0 Å². The van der Waals surface area contributed by atoms with Crippen LogP contribution in [0.4, 0.5) is 17.7 Å². The van der Waals surface area contributed by atoms with Crippen LogP contribution in [-0.2, 0) is 4.74 Å². The third kappa shape index (κ3) is 13.0. The van der Waals surface area contributed by atoms with E-state index < -0.39 is 7.54 Å². The van der Waals surface area contributed by atoms with Crippen molar-refractivity contribution in [3.63, 3.8) is 0 Å². The van der Waals surface area contributed by atoms with Gasteiger partial charge in [-0.05, 0) is 27.3 Å². The minimum absolute atomic E-state index is 0. The van der Waals surface area contributed by atoms with Crippen molar-refractivity contribution in [2.75, 3.05) is 6.54 Å². The first kappa shape index (κ1) is 20.1. The van der Waals surface area contributed by atoms with Crippen LogP contribution in [0.2, 0.25) is 0 Å². The van der Waals surface area contributed by atoms with Gasteiger partial charge in [0.15, 0.2) is 0 Å². The first-order chi connectivity index (χ1) is 7.22. The fourth-order valence-corrected chi connectivity index (χ4v) is 1.09. The van der Waals surface area contributed by atoms with E-state index in [0.717, 1.165) is 19.4 Å². The van der Waals surface area contributed by atoms with Crippen LogP contribution in [0.5, 0.6) is 0 Å². The second-order valence-corrected chi connectivity index (χ2v) is 4.25. The molecule has 0 aromatic heterocycles. The Morgan fingerprint density at radius 2 is 1.82 bits per heavy atom. The summed E-state index contributed by atoms with van der Waals surface area (Å²) in [6, 6.07) is 0. The molecule has 8 heteroatoms. The van der Waals surface area contributed by atoms with Crippen molar-refractivity contribution in [1.29, 1.82) is 0 Å². The van der Waals surface area contributed by atoms with Crippen LogP contribution in [0.1, 0.15) is 33.6 Å². The molecule has 0 saturated carbocycles. The molecule has 0 aromatic carbocycles. The average Bonchev–Trinajstić information content (AvgIpc) is 2.49. The largest absolute Gasteiger partial charge is 1.00 e. The van der Waals surface area contributed by atoms with E-state index >= 15 is 0 Å². The number of ether oxygens (including phenoxy) is 1. The summed E-state index contributed by atoms with van der Waals surface area (Å²) in [5.74, 6) is 0. The predicted octanol–water partition coefficient (Wildman–Crippen LogP) is 0.0629. The van der Waals surface area contributed by atoms with Gasteiger partial charge in [-0.1, -0.05) is 6.42 Å². The van der Waals surface area contributed by atoms with Gasteiger partial charge in [0.05, 0.1) is 0 Å². The molecule has 3 nitrogen and oxygen atoms in total. The Labute approximate surface area is 143 Å². The fraction of sp³-hybridized carbons (Fsp3) is 0.778. The van der Waals surface area contributed by atoms with E-state index in [1.54, 1.807) is 4.90 Å². The molecule has 0 unspecified atom stereocenters. The number of likely N-dealkylation sites (tertiary alicyclic amines) is 1. The Balaban J connectivity index is 0. The monoisotopic (exact) mass is 277 g/mol. The molecule has 94 valence electrons. The predicted molar refractivity (Wildman–Crippen MR) is 55.6 cm³/mol. The van der Waals surface area contributed by atoms with Gasteiger partial charge >= 0.3 is 65.0 Å². The van der Waals surface area contributed by atoms with Gasteiger partial charge in [0, 0.05) is 0 Å². The second-order valence-electron chi connectivity index (χ2n) is 4.25. The van der Waals surface area contributed by atoms with Crippen molar-refractivity contribution in [2.45, 2.75) is 39.2 Å². The topological polar surface area (TPSA) is 29.5 Å². The van der Waals surface area contributed by atoms with Crippen LogP contribution in [-0.4, -0.2) is 30.7 Å². The summed E-state index contributed by atoms with van der Waals surface area (Å²) >= 11 is 0. The van der Waals surface area contributed by atoms with Crippen molar-refractivity contribution < 1.29 is 73.9 Å². The number of halogens is 3. The van der Waals surface area contributed by atoms with Gasteiger partial charge in [0.2, 0.25) is 0 Å². The van der Waals surface area contributed by atoms with Gasteiger partial charge in [-0.15, -0.1) is 0 Å². The molecule has 17 heavy (non-hydrogen) atoms. The molecule has 1 aliphatic heterocycles. The number of amides is 1. The molecule has 1 aliphatic rings. The van der Waals surface area contributed by atoms with E-state index in [1.807, 2.05) is 27.3 Å². The van der Waals surface area contributed by atoms with E-state index in [4.69, 9.17) is 4.74 Å². The molecule has 1 heterocycles. The zero-order valence-corrected chi connectivity index (χ0v) is 13.8. The third-order valence-corrected chi connectivity index (χ3v) is 1.58. The zero-order valence-electron chi connectivity index (χ0n) is 10.7. The summed E-state index contributed by atoms with van der Waals surface area (Å²) in [4.78, 5) is 13.0. The molecule has 0 N–H and O–H groups in total. The Kier molecular flexibility index (Phi) is 11.4. The van der Waals surface area contributed by atoms with Gasteiger partial charge in [-0.25, -0.2) is 11.3 Å². The maximum atomic E-state index is 11.3. The van der Waals surface area contributed by atoms with Crippen molar-refractivity contribution in [3.8, 4) is 0 Å². The van der Waals surface area contributed by atoms with Gasteiger partial charge in [-0.2, -0.15) is 6.42 Å². The maximum absolute atomic E-state index is 11.3. The first-order valence-corrected chi connectivity index (χ1v) is 4.97. The second kappa shape index (κ2) is 9.66. The van der Waals surface area contributed by atoms with Crippen molar-refractivity contribution in [2.24, 2.45) is 0 Å². The molecule has 1 saturated heterocycles. The molecule has 0 aromatic rings. The number of rotatable bonds is 0. The Morgan fingerprint density at radius 3 is 2.12 bits per heavy atom. The standard InChI is InChI=1S/C9H16NO2.BF3.K/c1-9(2,3)12-8(11)10-6-4-5-7-10;2-1(3)4;/h6H,4-5,7H2,1-3H3;;/q-1;;+1. The van der Waals surface area contributed by atoms with Crippen LogP contribution in [0, 0.1) is 6.54 Å². The Morgan fingerprint density at radius 1 is 1.35 bits per heavy atom. The summed E-state index contributed by atoms with van der Waals surface area (Å²) < 4.78 is 34.2. The normalized spacial score (nSPS) is 14.4. The summed E-state index contributed by atoms with van der Waals surface area (Å²) in [6.07, 6.45) is 1.82. The van der Waals surface area contributed by atoms with E-state index in [0.29, 0.717) is 0 Å². The van der Waals surface area contributed by atoms with E-state index in [2.05, 4.69) is 0 Å². The number of nitrogens with zero attached hydrogens (tertiary/aromatic N) is 1. The van der Waals surface area contributed by atoms with Gasteiger partial charge in [-0.3, -0.25) is 12.9 Å². The Hall–Kier alpha value is 0.761. The van der Waals surface area contributed by atoms with Crippen LogP contribution in [0.3, 0.4) is 0 Å². The number of carbonyl (C=O) groups is 1. The number of carbonyl (C=O) groups excluding carboxylic acids is 1. The number of hydrogen-bond donors (Lipinski definition) is 0. The van der Waals surface area contributed by atoms with Crippen molar-refractivity contribution in [3.05, 3.63) is 6.54 Å². The van der Waals surface area contributed by atoms with Crippen molar-refractivity contribution in [1.82, 2.24) is 4.90 Å². The smallest absolute Gasteiger partial charge is 0.458 e. The SMILES string of the molecule is CC(C)(C)OC(=O)N1[CH-]CCC1.FB(F)F.[K+]. The number of hydrogen-bond acceptors (Lipinski definition) is 2. The minimum Gasteiger partial charge on any atom is -0.458 e. The molecule has 0 atom stereocenters. The third-order valence-electron chi connectivity index (χ3n) is 1.58. The molecule has 0 aliphatic carbocycles. The molecule has 1 rings (SSSR count). The molecule has 0 bridgehead atoms. The van der Waals surface area contributed by atoms with E-state index in [-0.39, 0.29) is 63.1 Å².